The molecule has 0 aliphatic carbocycles. The summed E-state index contributed by atoms with van der Waals surface area (Å²) in [6.07, 6.45) is -0.484. The number of phenols is 1. The summed E-state index contributed by atoms with van der Waals surface area (Å²) in [6, 6.07) is 3.10. The lowest BCUT2D eigenvalue weighted by Gasteiger charge is -2.38. The highest BCUT2D eigenvalue weighted by Gasteiger charge is 2.39. The highest BCUT2D eigenvalue weighted by Crippen LogP contribution is 2.44. The first kappa shape index (κ1) is 16.9. The second-order valence-corrected chi connectivity index (χ2v) is 6.10. The predicted octanol–water partition coefficient (Wildman–Crippen LogP) is 3.39. The molecule has 1 saturated heterocycles. The number of alkyl carbamates (subject to hydrolysis) is 1. The van der Waals surface area contributed by atoms with Crippen LogP contribution < -0.4 is 10.1 Å². The summed E-state index contributed by atoms with van der Waals surface area (Å²) in [5, 5.41) is 13.0. The molecule has 1 fully saturated rings. The average molecular weight is 367 g/mol. The molecule has 0 spiro atoms. The van der Waals surface area contributed by atoms with Gasteiger partial charge in [0.2, 0.25) is 0 Å². The first-order valence-electron chi connectivity index (χ1n) is 5.85. The van der Waals surface area contributed by atoms with Crippen LogP contribution in [0.1, 0.15) is 25.5 Å². The molecule has 0 unspecified atom stereocenters. The van der Waals surface area contributed by atoms with Gasteiger partial charge in [-0.2, -0.15) is 0 Å². The predicted molar refractivity (Wildman–Crippen MR) is 80.6 cm³/mol. The number of rotatable bonds is 2. The lowest BCUT2D eigenvalue weighted by atomic mass is 9.80. The lowest BCUT2D eigenvalue weighted by molar-refractivity contribution is 0.0380. The zero-order valence-electron chi connectivity index (χ0n) is 11.4. The van der Waals surface area contributed by atoms with Crippen molar-refractivity contribution in [3.05, 3.63) is 22.2 Å². The topological polar surface area (TPSA) is 67.8 Å². The Bertz CT molecular complexity index is 521. The number of methoxy groups -OCH3 is 1. The number of aromatic hydroxyl groups is 1. The summed E-state index contributed by atoms with van der Waals surface area (Å²) < 4.78 is 10.9. The number of carbonyl (C=O) groups is 1. The fourth-order valence-electron chi connectivity index (χ4n) is 2.16. The molecule has 1 aliphatic rings. The van der Waals surface area contributed by atoms with Gasteiger partial charge in [0.1, 0.15) is 6.61 Å². The minimum absolute atomic E-state index is 0. The monoisotopic (exact) mass is 365 g/mol. The molecule has 5 nitrogen and oxygen atoms in total. The second kappa shape index (κ2) is 6.10. The van der Waals surface area contributed by atoms with Gasteiger partial charge in [0.25, 0.3) is 0 Å². The standard InChI is InChI=1S/C13H16BrNO4.ClH/c1-13(2)6-19-12(17)15-11(13)8-4-7(14)5-9(18-3)10(8)16;/h4-5,11,16H,6H2,1-3H3,(H,15,17);1H/t11-;/m1./s1. The molecule has 1 amide bonds. The third-order valence-electron chi connectivity index (χ3n) is 3.22. The quantitative estimate of drug-likeness (QED) is 0.842. The SMILES string of the molecule is COc1cc(Br)cc([C@H]2NC(=O)OCC2(C)C)c1O.Cl. The maximum atomic E-state index is 11.4. The van der Waals surface area contributed by atoms with E-state index in [1.807, 2.05) is 13.8 Å². The van der Waals surface area contributed by atoms with E-state index < -0.39 is 6.09 Å². The van der Waals surface area contributed by atoms with Gasteiger partial charge in [0, 0.05) is 15.5 Å². The van der Waals surface area contributed by atoms with Gasteiger partial charge in [-0.25, -0.2) is 4.79 Å². The normalized spacial score (nSPS) is 20.4. The van der Waals surface area contributed by atoms with Crippen LogP contribution in [-0.2, 0) is 4.74 Å². The fraction of sp³-hybridized carbons (Fsp3) is 0.462. The van der Waals surface area contributed by atoms with Crippen LogP contribution in [0.5, 0.6) is 11.5 Å². The molecule has 1 heterocycles. The summed E-state index contributed by atoms with van der Waals surface area (Å²) in [6.45, 7) is 4.21. The Morgan fingerprint density at radius 3 is 2.75 bits per heavy atom. The Morgan fingerprint density at radius 1 is 1.50 bits per heavy atom. The van der Waals surface area contributed by atoms with Crippen LogP contribution in [0.2, 0.25) is 0 Å². The summed E-state index contributed by atoms with van der Waals surface area (Å²) in [4.78, 5) is 11.4. The van der Waals surface area contributed by atoms with Gasteiger partial charge < -0.3 is 19.9 Å². The van der Waals surface area contributed by atoms with E-state index in [0.29, 0.717) is 11.3 Å². The molecule has 2 N–H and O–H groups in total. The third-order valence-corrected chi connectivity index (χ3v) is 3.68. The molecule has 1 aliphatic heterocycles. The summed E-state index contributed by atoms with van der Waals surface area (Å²) in [5.74, 6) is 0.395. The van der Waals surface area contributed by atoms with Crippen LogP contribution in [0, 0.1) is 5.41 Å². The van der Waals surface area contributed by atoms with E-state index in [-0.39, 0.29) is 36.2 Å². The molecular weight excluding hydrogens is 350 g/mol. The van der Waals surface area contributed by atoms with Gasteiger partial charge in [-0.15, -0.1) is 12.4 Å². The van der Waals surface area contributed by atoms with Gasteiger partial charge in [-0.05, 0) is 12.1 Å². The molecule has 0 aromatic heterocycles. The van der Waals surface area contributed by atoms with Gasteiger partial charge in [0.05, 0.1) is 13.2 Å². The van der Waals surface area contributed by atoms with Crippen molar-refractivity contribution in [2.24, 2.45) is 5.41 Å². The molecule has 1 atom stereocenters. The van der Waals surface area contributed by atoms with Crippen molar-refractivity contribution in [3.63, 3.8) is 0 Å². The summed E-state index contributed by atoms with van der Waals surface area (Å²) >= 11 is 3.37. The van der Waals surface area contributed by atoms with E-state index in [1.165, 1.54) is 7.11 Å². The van der Waals surface area contributed by atoms with Crippen molar-refractivity contribution >= 4 is 34.4 Å². The van der Waals surface area contributed by atoms with Gasteiger partial charge in [-0.3, -0.25) is 0 Å². The Labute approximate surface area is 132 Å². The maximum Gasteiger partial charge on any atom is 0.407 e. The largest absolute Gasteiger partial charge is 0.504 e. The van der Waals surface area contributed by atoms with Gasteiger partial charge >= 0.3 is 6.09 Å². The average Bonchev–Trinajstić information content (AvgIpc) is 2.35. The number of nitrogens with one attached hydrogen (secondary N) is 1. The first-order chi connectivity index (χ1) is 8.85. The number of hydrogen-bond donors (Lipinski definition) is 2. The molecule has 112 valence electrons. The highest BCUT2D eigenvalue weighted by molar-refractivity contribution is 9.10. The molecule has 2 rings (SSSR count). The Balaban J connectivity index is 0.00000200. The molecule has 20 heavy (non-hydrogen) atoms. The number of phenolic OH excluding ortho intramolecular Hbond substituents is 1. The van der Waals surface area contributed by atoms with Crippen LogP contribution in [-0.4, -0.2) is 24.9 Å². The molecule has 0 saturated carbocycles. The maximum absolute atomic E-state index is 11.4. The van der Waals surface area contributed by atoms with Gasteiger partial charge in [0.15, 0.2) is 11.5 Å². The molecule has 0 radical (unpaired) electrons. The van der Waals surface area contributed by atoms with E-state index in [2.05, 4.69) is 21.2 Å². The fourth-order valence-corrected chi connectivity index (χ4v) is 2.61. The number of halogens is 2. The van der Waals surface area contributed by atoms with E-state index >= 15 is 0 Å². The number of hydrogen-bond acceptors (Lipinski definition) is 4. The lowest BCUT2D eigenvalue weighted by Crippen LogP contribution is -2.46. The van der Waals surface area contributed by atoms with E-state index in [9.17, 15) is 9.90 Å². The van der Waals surface area contributed by atoms with Crippen LogP contribution in [0.15, 0.2) is 16.6 Å². The highest BCUT2D eigenvalue weighted by atomic mass is 79.9. The molecular formula is C13H17BrClNO4. The van der Waals surface area contributed by atoms with Crippen molar-refractivity contribution in [1.29, 1.82) is 0 Å². The Hall–Kier alpha value is -1.14. The number of benzene rings is 1. The number of carbonyl (C=O) groups excluding carboxylic acids is 1. The molecule has 0 bridgehead atoms. The smallest absolute Gasteiger partial charge is 0.407 e. The van der Waals surface area contributed by atoms with Gasteiger partial charge in [-0.1, -0.05) is 29.8 Å². The molecule has 1 aromatic rings. The van der Waals surface area contributed by atoms with Crippen LogP contribution in [0.25, 0.3) is 0 Å². The van der Waals surface area contributed by atoms with E-state index in [1.54, 1.807) is 12.1 Å². The molecule has 7 heteroatoms. The number of cyclic esters (lactones) is 1. The first-order valence-corrected chi connectivity index (χ1v) is 6.64. The zero-order chi connectivity index (χ0) is 14.2. The van der Waals surface area contributed by atoms with Crippen molar-refractivity contribution in [2.75, 3.05) is 13.7 Å². The minimum atomic E-state index is -0.484. The zero-order valence-corrected chi connectivity index (χ0v) is 13.8. The number of amides is 1. The van der Waals surface area contributed by atoms with Crippen LogP contribution >= 0.6 is 28.3 Å². The van der Waals surface area contributed by atoms with Crippen LogP contribution in [0.3, 0.4) is 0 Å². The second-order valence-electron chi connectivity index (χ2n) is 5.19. The Morgan fingerprint density at radius 2 is 2.15 bits per heavy atom. The van der Waals surface area contributed by atoms with E-state index in [4.69, 9.17) is 9.47 Å². The molecule has 1 aromatic carbocycles. The summed E-state index contributed by atoms with van der Waals surface area (Å²) in [5.41, 5.74) is 0.268. The third kappa shape index (κ3) is 3.12. The summed E-state index contributed by atoms with van der Waals surface area (Å²) in [7, 11) is 1.49. The Kier molecular flexibility index (Phi) is 5.15. The van der Waals surface area contributed by atoms with Crippen LogP contribution in [0.4, 0.5) is 4.79 Å². The van der Waals surface area contributed by atoms with E-state index in [0.717, 1.165) is 4.47 Å². The van der Waals surface area contributed by atoms with Crippen molar-refractivity contribution in [2.45, 2.75) is 19.9 Å². The van der Waals surface area contributed by atoms with Crippen molar-refractivity contribution < 1.29 is 19.4 Å². The van der Waals surface area contributed by atoms with Crippen molar-refractivity contribution in [1.82, 2.24) is 5.32 Å². The minimum Gasteiger partial charge on any atom is -0.504 e. The van der Waals surface area contributed by atoms with Crippen molar-refractivity contribution in [3.8, 4) is 11.5 Å². The number of ether oxygens (including phenoxy) is 2.